The first-order chi connectivity index (χ1) is 21.5. The van der Waals surface area contributed by atoms with Crippen LogP contribution in [0.3, 0.4) is 0 Å². The number of anilines is 1. The normalized spacial score (nSPS) is 18.9. The molecule has 5 heterocycles. The van der Waals surface area contributed by atoms with Gasteiger partial charge in [-0.15, -0.1) is 10.2 Å². The molecule has 2 bridgehead atoms. The van der Waals surface area contributed by atoms with Crippen LogP contribution in [0.2, 0.25) is 0 Å². The number of nitrogens with zero attached hydrogens (tertiary/aromatic N) is 8. The number of halogens is 1. The summed E-state index contributed by atoms with van der Waals surface area (Å²) in [6.45, 7) is 2.18. The standard InChI is InChI=1S/C31H30FN9O3/c1-19(42)34-22-7-10-27-25(16-22)35-30(44-27)21-11-13-33-26(15-21)31(43)41-23-8-9-24(41)18-39(17-23)28(20-5-3-2-4-6-20)29-36-38-40(37-29)14-12-32/h2-7,10-11,13,15-16,23-24,28H,8-9,12,14,17-18H2,1H3,(H,34,42). The Kier molecular flexibility index (Phi) is 7.30. The fraction of sp³-hybridized carbons (Fsp3) is 0.323. The molecule has 5 aromatic rings. The average Bonchev–Trinajstić information content (AvgIpc) is 3.73. The lowest BCUT2D eigenvalue weighted by Crippen LogP contribution is -2.56. The van der Waals surface area contributed by atoms with Crippen LogP contribution in [-0.2, 0) is 11.3 Å². The van der Waals surface area contributed by atoms with Crippen LogP contribution in [0.4, 0.5) is 10.1 Å². The number of oxazole rings is 1. The maximum Gasteiger partial charge on any atom is 0.273 e. The first-order valence-corrected chi connectivity index (χ1v) is 14.6. The molecule has 1 N–H and O–H groups in total. The molecule has 3 atom stereocenters. The molecule has 2 fully saturated rings. The number of carbonyl (C=O) groups excluding carboxylic acids is 2. The van der Waals surface area contributed by atoms with E-state index in [-0.39, 0.29) is 36.5 Å². The minimum Gasteiger partial charge on any atom is -0.436 e. The van der Waals surface area contributed by atoms with E-state index in [2.05, 4.69) is 35.6 Å². The van der Waals surface area contributed by atoms with Crippen molar-refractivity contribution in [2.24, 2.45) is 0 Å². The number of aromatic nitrogens is 6. The molecule has 13 heteroatoms. The maximum absolute atomic E-state index is 13.9. The van der Waals surface area contributed by atoms with Crippen molar-refractivity contribution >= 4 is 28.6 Å². The summed E-state index contributed by atoms with van der Waals surface area (Å²) in [5.41, 5.74) is 3.77. The van der Waals surface area contributed by atoms with Crippen molar-refractivity contribution in [1.29, 1.82) is 0 Å². The summed E-state index contributed by atoms with van der Waals surface area (Å²) in [6, 6.07) is 18.4. The van der Waals surface area contributed by atoms with E-state index < -0.39 is 6.67 Å². The molecule has 2 aliphatic rings. The first kappa shape index (κ1) is 27.8. The van der Waals surface area contributed by atoms with Crippen LogP contribution < -0.4 is 5.32 Å². The van der Waals surface area contributed by atoms with Crippen molar-refractivity contribution in [3.8, 4) is 11.5 Å². The van der Waals surface area contributed by atoms with Crippen molar-refractivity contribution in [2.45, 2.75) is 44.4 Å². The highest BCUT2D eigenvalue weighted by Crippen LogP contribution is 2.37. The quantitative estimate of drug-likeness (QED) is 0.284. The number of aryl methyl sites for hydroxylation is 1. The molecule has 2 aromatic carbocycles. The van der Waals surface area contributed by atoms with Gasteiger partial charge in [-0.1, -0.05) is 30.3 Å². The zero-order chi connectivity index (χ0) is 30.2. The zero-order valence-electron chi connectivity index (χ0n) is 24.0. The van der Waals surface area contributed by atoms with Gasteiger partial charge in [0, 0.05) is 49.5 Å². The molecule has 0 saturated carbocycles. The van der Waals surface area contributed by atoms with Crippen LogP contribution in [0, 0.1) is 0 Å². The largest absolute Gasteiger partial charge is 0.436 e. The van der Waals surface area contributed by atoms with Gasteiger partial charge in [-0.3, -0.25) is 19.5 Å². The molecular formula is C31H30FN9O3. The van der Waals surface area contributed by atoms with Gasteiger partial charge >= 0.3 is 0 Å². The van der Waals surface area contributed by atoms with Gasteiger partial charge in [0.2, 0.25) is 11.8 Å². The third-order valence-corrected chi connectivity index (χ3v) is 8.16. The highest BCUT2D eigenvalue weighted by atomic mass is 19.1. The number of hydrogen-bond acceptors (Lipinski definition) is 9. The molecule has 224 valence electrons. The number of tetrazole rings is 1. The summed E-state index contributed by atoms with van der Waals surface area (Å²) in [5.74, 6) is 0.573. The molecule has 2 amide bonds. The highest BCUT2D eigenvalue weighted by molar-refractivity contribution is 5.94. The van der Waals surface area contributed by atoms with Gasteiger partial charge in [-0.05, 0) is 54.0 Å². The molecule has 0 radical (unpaired) electrons. The first-order valence-electron chi connectivity index (χ1n) is 14.6. The lowest BCUT2D eigenvalue weighted by molar-refractivity contribution is -0.114. The number of fused-ring (bicyclic) bond motifs is 3. The van der Waals surface area contributed by atoms with E-state index in [4.69, 9.17) is 4.42 Å². The number of likely N-dealkylation sites (tertiary alicyclic amines) is 1. The van der Waals surface area contributed by atoms with Gasteiger partial charge in [-0.25, -0.2) is 9.37 Å². The molecule has 44 heavy (non-hydrogen) atoms. The van der Waals surface area contributed by atoms with Gasteiger partial charge in [-0.2, -0.15) is 4.80 Å². The summed E-state index contributed by atoms with van der Waals surface area (Å²) in [5, 5.41) is 15.6. The Bertz CT molecular complexity index is 1810. The molecule has 3 aromatic heterocycles. The fourth-order valence-electron chi connectivity index (χ4n) is 6.32. The Morgan fingerprint density at radius 2 is 1.86 bits per heavy atom. The fourth-order valence-corrected chi connectivity index (χ4v) is 6.32. The second-order valence-electron chi connectivity index (χ2n) is 11.1. The monoisotopic (exact) mass is 595 g/mol. The maximum atomic E-state index is 13.9. The third-order valence-electron chi connectivity index (χ3n) is 8.16. The summed E-state index contributed by atoms with van der Waals surface area (Å²) in [7, 11) is 0. The molecule has 7 rings (SSSR count). The summed E-state index contributed by atoms with van der Waals surface area (Å²) in [4.78, 5) is 39.9. The molecule has 3 unspecified atom stereocenters. The number of piperazine rings is 1. The smallest absolute Gasteiger partial charge is 0.273 e. The second-order valence-corrected chi connectivity index (χ2v) is 11.1. The Morgan fingerprint density at radius 3 is 2.61 bits per heavy atom. The number of hydrogen-bond donors (Lipinski definition) is 1. The molecule has 2 aliphatic heterocycles. The molecule has 2 saturated heterocycles. The van der Waals surface area contributed by atoms with Crippen LogP contribution in [0.1, 0.15) is 47.7 Å². The van der Waals surface area contributed by atoms with Crippen molar-refractivity contribution in [3.63, 3.8) is 0 Å². The number of carbonyl (C=O) groups is 2. The van der Waals surface area contributed by atoms with E-state index in [1.807, 2.05) is 35.2 Å². The molecule has 0 aliphatic carbocycles. The van der Waals surface area contributed by atoms with E-state index in [1.165, 1.54) is 11.7 Å². The van der Waals surface area contributed by atoms with E-state index >= 15 is 0 Å². The van der Waals surface area contributed by atoms with E-state index in [1.54, 1.807) is 36.5 Å². The zero-order valence-corrected chi connectivity index (χ0v) is 24.0. The SMILES string of the molecule is CC(=O)Nc1ccc2oc(-c3ccnc(C(=O)N4C5CCC4CN(C(c4ccccc4)c4nnn(CCF)n4)C5)c3)nc2c1. The van der Waals surface area contributed by atoms with Crippen LogP contribution in [0.25, 0.3) is 22.6 Å². The van der Waals surface area contributed by atoms with E-state index in [0.717, 1.165) is 18.4 Å². The number of alkyl halides is 1. The summed E-state index contributed by atoms with van der Waals surface area (Å²) >= 11 is 0. The van der Waals surface area contributed by atoms with Crippen molar-refractivity contribution in [1.82, 2.24) is 40.0 Å². The van der Waals surface area contributed by atoms with Gasteiger partial charge in [0.1, 0.15) is 17.9 Å². The highest BCUT2D eigenvalue weighted by Gasteiger charge is 2.45. The summed E-state index contributed by atoms with van der Waals surface area (Å²) < 4.78 is 18.9. The topological polar surface area (TPSA) is 135 Å². The lowest BCUT2D eigenvalue weighted by atomic mass is 10.0. The van der Waals surface area contributed by atoms with E-state index in [0.29, 0.717) is 52.8 Å². The summed E-state index contributed by atoms with van der Waals surface area (Å²) in [6.07, 6.45) is 3.34. The van der Waals surface area contributed by atoms with Crippen LogP contribution in [0.5, 0.6) is 0 Å². The second kappa shape index (κ2) is 11.6. The molecule has 12 nitrogen and oxygen atoms in total. The molecule has 0 spiro atoms. The predicted octanol–water partition coefficient (Wildman–Crippen LogP) is 3.88. The van der Waals surface area contributed by atoms with Crippen molar-refractivity contribution in [3.05, 3.63) is 83.9 Å². The Morgan fingerprint density at radius 1 is 1.07 bits per heavy atom. The molecular weight excluding hydrogens is 565 g/mol. The Hall–Kier alpha value is -5.04. The van der Waals surface area contributed by atoms with Gasteiger partial charge < -0.3 is 14.6 Å². The van der Waals surface area contributed by atoms with Crippen LogP contribution in [0.15, 0.2) is 71.3 Å². The number of nitrogens with one attached hydrogen (secondary N) is 1. The number of rotatable bonds is 8. The minimum atomic E-state index is -0.572. The number of pyridine rings is 1. The van der Waals surface area contributed by atoms with E-state index in [9.17, 15) is 14.0 Å². The average molecular weight is 596 g/mol. The number of benzene rings is 2. The Labute approximate surface area is 251 Å². The van der Waals surface area contributed by atoms with Gasteiger partial charge in [0.15, 0.2) is 11.4 Å². The number of amides is 2. The minimum absolute atomic E-state index is 0.0182. The van der Waals surface area contributed by atoms with Gasteiger partial charge in [0.05, 0.1) is 12.6 Å². The predicted molar refractivity (Wildman–Crippen MR) is 158 cm³/mol. The third kappa shape index (κ3) is 5.30. The van der Waals surface area contributed by atoms with Gasteiger partial charge in [0.25, 0.3) is 5.91 Å². The van der Waals surface area contributed by atoms with Crippen LogP contribution >= 0.6 is 0 Å². The van der Waals surface area contributed by atoms with Crippen LogP contribution in [-0.4, -0.2) is 83.6 Å². The Balaban J connectivity index is 1.12. The van der Waals surface area contributed by atoms with Crippen molar-refractivity contribution < 1.29 is 18.4 Å². The van der Waals surface area contributed by atoms with Crippen molar-refractivity contribution in [2.75, 3.05) is 25.1 Å². The lowest BCUT2D eigenvalue weighted by Gasteiger charge is -2.43.